The van der Waals surface area contributed by atoms with Gasteiger partial charge in [-0.3, -0.25) is 9.59 Å². The second kappa shape index (κ2) is 15.5. The highest BCUT2D eigenvalue weighted by molar-refractivity contribution is 5.81. The van der Waals surface area contributed by atoms with E-state index in [9.17, 15) is 24.3 Å². The number of carbonyl (C=O) groups excluding carboxylic acids is 3. The molecule has 0 aromatic carbocycles. The van der Waals surface area contributed by atoms with Crippen molar-refractivity contribution in [1.29, 1.82) is 0 Å². The lowest BCUT2D eigenvalue weighted by molar-refractivity contribution is -0.157. The van der Waals surface area contributed by atoms with Gasteiger partial charge < -0.3 is 40.0 Å². The second-order valence-electron chi connectivity index (χ2n) is 13.6. The summed E-state index contributed by atoms with van der Waals surface area (Å²) in [6.45, 7) is 21.3. The number of aliphatic carboxylic acids is 1. The Labute approximate surface area is 239 Å². The van der Waals surface area contributed by atoms with Gasteiger partial charge in [-0.2, -0.15) is 0 Å². The highest BCUT2D eigenvalue weighted by atomic mass is 16.6. The lowest BCUT2D eigenvalue weighted by atomic mass is 10.1. The van der Waals surface area contributed by atoms with E-state index in [4.69, 9.17) is 18.9 Å². The smallest absolute Gasteiger partial charge is 0.408 e. The molecule has 0 heterocycles. The van der Waals surface area contributed by atoms with E-state index in [-0.39, 0.29) is 32.5 Å². The number of ether oxygens (including phenoxy) is 4. The maximum Gasteiger partial charge on any atom is 0.408 e. The maximum absolute atomic E-state index is 12.9. The van der Waals surface area contributed by atoms with Crippen LogP contribution in [0.1, 0.15) is 95.9 Å². The van der Waals surface area contributed by atoms with Crippen molar-refractivity contribution in [2.24, 2.45) is 0 Å². The zero-order valence-corrected chi connectivity index (χ0v) is 26.5. The van der Waals surface area contributed by atoms with Gasteiger partial charge in [0.1, 0.15) is 34.9 Å². The molecule has 0 saturated heterocycles. The molecule has 40 heavy (non-hydrogen) atoms. The van der Waals surface area contributed by atoms with Crippen LogP contribution < -0.4 is 16.0 Å². The highest BCUT2D eigenvalue weighted by Gasteiger charge is 2.30. The molecule has 0 aromatic rings. The van der Waals surface area contributed by atoms with Gasteiger partial charge >= 0.3 is 24.0 Å². The summed E-state index contributed by atoms with van der Waals surface area (Å²) in [7, 11) is 0. The van der Waals surface area contributed by atoms with Gasteiger partial charge in [0.05, 0.1) is 12.2 Å². The van der Waals surface area contributed by atoms with Gasteiger partial charge in [-0.05, 0) is 109 Å². The molecule has 0 fully saturated rings. The summed E-state index contributed by atoms with van der Waals surface area (Å²) in [5.41, 5.74) is -2.79. The molecule has 1 amide bonds. The number of hydrogen-bond acceptors (Lipinski definition) is 10. The molecule has 12 heteroatoms. The molecule has 0 aromatic heterocycles. The first-order chi connectivity index (χ1) is 17.9. The number of rotatable bonds is 14. The summed E-state index contributed by atoms with van der Waals surface area (Å²) in [5.74, 6) is -2.24. The summed E-state index contributed by atoms with van der Waals surface area (Å²) in [6, 6.07) is -2.82. The fourth-order valence-corrected chi connectivity index (χ4v) is 3.10. The fourth-order valence-electron chi connectivity index (χ4n) is 3.10. The Morgan fingerprint density at radius 1 is 0.600 bits per heavy atom. The molecular weight excluding hydrogens is 522 g/mol. The van der Waals surface area contributed by atoms with Gasteiger partial charge in [-0.15, -0.1) is 0 Å². The van der Waals surface area contributed by atoms with Gasteiger partial charge in [0.2, 0.25) is 0 Å². The zero-order valence-electron chi connectivity index (χ0n) is 26.5. The van der Waals surface area contributed by atoms with Crippen LogP contribution in [-0.4, -0.2) is 89.3 Å². The first kappa shape index (κ1) is 37.6. The largest absolute Gasteiger partial charge is 0.480 e. The molecule has 0 radical (unpaired) electrons. The lowest BCUT2D eigenvalue weighted by Gasteiger charge is -2.28. The summed E-state index contributed by atoms with van der Waals surface area (Å²) < 4.78 is 21.9. The number of carbonyl (C=O) groups is 4. The Balaban J connectivity index is 5.45. The van der Waals surface area contributed by atoms with Crippen molar-refractivity contribution in [1.82, 2.24) is 16.0 Å². The number of nitrogens with one attached hydrogen (secondary N) is 3. The van der Waals surface area contributed by atoms with Crippen LogP contribution in [0.25, 0.3) is 0 Å². The number of carboxylic acid groups (broad SMARTS) is 1. The molecule has 12 nitrogen and oxygen atoms in total. The first-order valence-electron chi connectivity index (χ1n) is 13.7. The summed E-state index contributed by atoms with van der Waals surface area (Å²) in [5, 5.41) is 18.1. The average molecular weight is 576 g/mol. The Hall–Kier alpha value is -2.44. The van der Waals surface area contributed by atoms with E-state index in [0.717, 1.165) is 0 Å². The molecule has 3 atom stereocenters. The molecule has 0 saturated carbocycles. The SMILES string of the molecule is CC(C)(C)OCC(NCCC(NCCC(NC(=O)OC(C)(C)C)C(=O)OC(C)(C)C)C(=O)OC(C)(C)C)C(=O)O. The Morgan fingerprint density at radius 2 is 1.00 bits per heavy atom. The van der Waals surface area contributed by atoms with Crippen molar-refractivity contribution < 1.29 is 43.2 Å². The quantitative estimate of drug-likeness (QED) is 0.178. The third-order valence-electron chi connectivity index (χ3n) is 4.70. The van der Waals surface area contributed by atoms with Crippen LogP contribution in [0.2, 0.25) is 0 Å². The molecule has 0 aliphatic heterocycles. The Morgan fingerprint density at radius 3 is 1.40 bits per heavy atom. The van der Waals surface area contributed by atoms with Crippen molar-refractivity contribution in [3.63, 3.8) is 0 Å². The monoisotopic (exact) mass is 575 g/mol. The zero-order chi connectivity index (χ0) is 31.5. The van der Waals surface area contributed by atoms with Gasteiger partial charge in [0.25, 0.3) is 0 Å². The second-order valence-corrected chi connectivity index (χ2v) is 13.6. The normalized spacial score (nSPS) is 15.0. The standard InChI is InChI=1S/C28H53N3O9/c1-25(2,3)37-17-20(21(32)33)30-15-13-18(22(34)38-26(4,5)6)29-16-14-19(23(35)39-27(7,8)9)31-24(36)40-28(10,11)12/h18-20,29-30H,13-17H2,1-12H3,(H,31,36)(H,32,33). The van der Waals surface area contributed by atoms with Gasteiger partial charge in [0, 0.05) is 0 Å². The van der Waals surface area contributed by atoms with Crippen molar-refractivity contribution in [2.45, 2.75) is 136 Å². The van der Waals surface area contributed by atoms with Crippen LogP contribution >= 0.6 is 0 Å². The molecule has 0 bridgehead atoms. The molecule has 0 aliphatic rings. The average Bonchev–Trinajstić information content (AvgIpc) is 2.68. The molecule has 0 aliphatic carbocycles. The van der Waals surface area contributed by atoms with Crippen molar-refractivity contribution in [3.8, 4) is 0 Å². The summed E-state index contributed by atoms with van der Waals surface area (Å²) >= 11 is 0. The highest BCUT2D eigenvalue weighted by Crippen LogP contribution is 2.13. The van der Waals surface area contributed by atoms with Crippen molar-refractivity contribution >= 4 is 24.0 Å². The van der Waals surface area contributed by atoms with Crippen molar-refractivity contribution in [3.05, 3.63) is 0 Å². The van der Waals surface area contributed by atoms with E-state index in [1.807, 2.05) is 20.8 Å². The minimum atomic E-state index is -1.07. The van der Waals surface area contributed by atoms with Crippen LogP contribution in [0.15, 0.2) is 0 Å². The van der Waals surface area contributed by atoms with E-state index in [1.165, 1.54) is 0 Å². The Bertz CT molecular complexity index is 834. The number of alkyl carbamates (subject to hydrolysis) is 1. The van der Waals surface area contributed by atoms with E-state index < -0.39 is 64.5 Å². The van der Waals surface area contributed by atoms with Gasteiger partial charge in [0.15, 0.2) is 0 Å². The predicted octanol–water partition coefficient (Wildman–Crippen LogP) is 3.16. The van der Waals surface area contributed by atoms with Crippen LogP contribution in [0.4, 0.5) is 4.79 Å². The van der Waals surface area contributed by atoms with E-state index in [1.54, 1.807) is 62.3 Å². The molecule has 0 spiro atoms. The molecule has 3 unspecified atom stereocenters. The van der Waals surface area contributed by atoms with E-state index in [0.29, 0.717) is 0 Å². The van der Waals surface area contributed by atoms with Crippen molar-refractivity contribution in [2.75, 3.05) is 19.7 Å². The van der Waals surface area contributed by atoms with E-state index >= 15 is 0 Å². The summed E-state index contributed by atoms with van der Waals surface area (Å²) in [6.07, 6.45) is -0.475. The molecular formula is C28H53N3O9. The van der Waals surface area contributed by atoms with Crippen LogP contribution in [-0.2, 0) is 33.3 Å². The third-order valence-corrected chi connectivity index (χ3v) is 4.70. The molecule has 0 rings (SSSR count). The number of hydrogen-bond donors (Lipinski definition) is 4. The Kier molecular flexibility index (Phi) is 14.6. The summed E-state index contributed by atoms with van der Waals surface area (Å²) in [4.78, 5) is 49.8. The number of esters is 2. The number of carboxylic acids is 1. The molecule has 4 N–H and O–H groups in total. The third kappa shape index (κ3) is 19.6. The minimum Gasteiger partial charge on any atom is -0.480 e. The van der Waals surface area contributed by atoms with Crippen LogP contribution in [0.5, 0.6) is 0 Å². The van der Waals surface area contributed by atoms with Crippen LogP contribution in [0.3, 0.4) is 0 Å². The topological polar surface area (TPSA) is 162 Å². The van der Waals surface area contributed by atoms with E-state index in [2.05, 4.69) is 16.0 Å². The molecule has 234 valence electrons. The van der Waals surface area contributed by atoms with Gasteiger partial charge in [-0.25, -0.2) is 9.59 Å². The maximum atomic E-state index is 12.9. The number of amides is 1. The predicted molar refractivity (Wildman–Crippen MR) is 151 cm³/mol. The fraction of sp³-hybridized carbons (Fsp3) is 0.857. The van der Waals surface area contributed by atoms with Gasteiger partial charge in [-0.1, -0.05) is 0 Å². The minimum absolute atomic E-state index is 0.0444. The lowest BCUT2D eigenvalue weighted by Crippen LogP contribution is -2.49. The first-order valence-corrected chi connectivity index (χ1v) is 13.7. The van der Waals surface area contributed by atoms with Crippen LogP contribution in [0, 0.1) is 0 Å².